The summed E-state index contributed by atoms with van der Waals surface area (Å²) >= 11 is 0. The van der Waals surface area contributed by atoms with Crippen molar-refractivity contribution in [3.05, 3.63) is 89.5 Å². The van der Waals surface area contributed by atoms with Crippen molar-refractivity contribution in [2.45, 2.75) is 6.04 Å². The second-order valence-electron chi connectivity index (χ2n) is 7.91. The summed E-state index contributed by atoms with van der Waals surface area (Å²) in [6.07, 6.45) is 1.32. The lowest BCUT2D eigenvalue weighted by molar-refractivity contribution is 0.0698. The number of anilines is 2. The van der Waals surface area contributed by atoms with Crippen molar-refractivity contribution in [3.8, 4) is 5.75 Å². The van der Waals surface area contributed by atoms with Crippen LogP contribution in [0.4, 0.5) is 15.9 Å². The standard InChI is InChI=1S/C26H24FN5O4/c1-28-13-21(32-24-18-7-4-8-19(26(34)35)23(18)29-14-30-24)15-5-3-6-17(11-15)31-25(33)16-9-10-22(36-2)20(27)12-16/h3-12,14,21,28H,13H2,1-2H3,(H,31,33)(H,34,35)(H,29,30,32). The zero-order valence-electron chi connectivity index (χ0n) is 19.6. The number of halogens is 1. The number of nitrogens with one attached hydrogen (secondary N) is 3. The number of aromatic nitrogens is 2. The van der Waals surface area contributed by atoms with E-state index >= 15 is 0 Å². The van der Waals surface area contributed by atoms with E-state index < -0.39 is 17.7 Å². The number of carbonyl (C=O) groups excluding carboxylic acids is 1. The summed E-state index contributed by atoms with van der Waals surface area (Å²) in [5.74, 6) is -1.62. The zero-order valence-corrected chi connectivity index (χ0v) is 19.6. The average Bonchev–Trinajstić information content (AvgIpc) is 2.88. The molecular weight excluding hydrogens is 465 g/mol. The monoisotopic (exact) mass is 489 g/mol. The van der Waals surface area contributed by atoms with Crippen LogP contribution in [-0.4, -0.2) is 47.7 Å². The minimum absolute atomic E-state index is 0.0576. The number of nitrogens with zero attached hydrogens (tertiary/aromatic N) is 2. The minimum Gasteiger partial charge on any atom is -0.494 e. The fourth-order valence-electron chi connectivity index (χ4n) is 3.84. The van der Waals surface area contributed by atoms with Crippen LogP contribution in [0.5, 0.6) is 5.75 Å². The van der Waals surface area contributed by atoms with E-state index in [-0.39, 0.29) is 22.9 Å². The molecule has 1 unspecified atom stereocenters. The lowest BCUT2D eigenvalue weighted by Gasteiger charge is -2.21. The van der Waals surface area contributed by atoms with E-state index in [0.717, 1.165) is 11.6 Å². The van der Waals surface area contributed by atoms with E-state index in [2.05, 4.69) is 25.9 Å². The Morgan fingerprint density at radius 3 is 2.61 bits per heavy atom. The number of fused-ring (bicyclic) bond motifs is 1. The quantitative estimate of drug-likeness (QED) is 0.277. The maximum atomic E-state index is 14.0. The van der Waals surface area contributed by atoms with Gasteiger partial charge in [0, 0.05) is 23.2 Å². The topological polar surface area (TPSA) is 125 Å². The summed E-state index contributed by atoms with van der Waals surface area (Å²) in [5.41, 5.74) is 1.94. The van der Waals surface area contributed by atoms with Crippen molar-refractivity contribution in [1.82, 2.24) is 15.3 Å². The number of hydrogen-bond acceptors (Lipinski definition) is 7. The summed E-state index contributed by atoms with van der Waals surface area (Å²) in [6, 6.07) is 15.8. The number of hydrogen-bond donors (Lipinski definition) is 4. The molecule has 0 bridgehead atoms. The second-order valence-corrected chi connectivity index (χ2v) is 7.91. The molecule has 0 fully saturated rings. The molecule has 3 aromatic carbocycles. The van der Waals surface area contributed by atoms with E-state index in [1.54, 1.807) is 37.4 Å². The van der Waals surface area contributed by atoms with Crippen molar-refractivity contribution in [3.63, 3.8) is 0 Å². The first-order chi connectivity index (χ1) is 17.4. The molecule has 1 amide bonds. The molecule has 36 heavy (non-hydrogen) atoms. The van der Waals surface area contributed by atoms with Gasteiger partial charge in [-0.1, -0.05) is 18.2 Å². The van der Waals surface area contributed by atoms with Gasteiger partial charge in [-0.2, -0.15) is 0 Å². The fraction of sp³-hybridized carbons (Fsp3) is 0.154. The van der Waals surface area contributed by atoms with Crippen molar-refractivity contribution < 1.29 is 23.8 Å². The van der Waals surface area contributed by atoms with Crippen molar-refractivity contribution in [1.29, 1.82) is 0 Å². The highest BCUT2D eigenvalue weighted by Crippen LogP contribution is 2.27. The van der Waals surface area contributed by atoms with Crippen LogP contribution in [-0.2, 0) is 0 Å². The van der Waals surface area contributed by atoms with Gasteiger partial charge in [-0.15, -0.1) is 0 Å². The van der Waals surface area contributed by atoms with Gasteiger partial charge in [-0.3, -0.25) is 4.79 Å². The maximum Gasteiger partial charge on any atom is 0.337 e. The maximum absolute atomic E-state index is 14.0. The molecule has 1 atom stereocenters. The smallest absolute Gasteiger partial charge is 0.337 e. The number of ether oxygens (including phenoxy) is 1. The second kappa shape index (κ2) is 10.8. The fourth-order valence-corrected chi connectivity index (χ4v) is 3.84. The third-order valence-electron chi connectivity index (χ3n) is 5.58. The van der Waals surface area contributed by atoms with Crippen molar-refractivity contribution >= 4 is 34.3 Å². The van der Waals surface area contributed by atoms with E-state index in [4.69, 9.17) is 4.74 Å². The molecule has 0 spiro atoms. The molecule has 4 aromatic rings. The lowest BCUT2D eigenvalue weighted by atomic mass is 10.0. The highest BCUT2D eigenvalue weighted by Gasteiger charge is 2.17. The number of benzene rings is 3. The molecule has 0 radical (unpaired) electrons. The number of amides is 1. The Hall–Kier alpha value is -4.57. The zero-order chi connectivity index (χ0) is 25.7. The minimum atomic E-state index is -1.07. The Balaban J connectivity index is 1.60. The van der Waals surface area contributed by atoms with Gasteiger partial charge in [0.15, 0.2) is 11.6 Å². The molecule has 4 N–H and O–H groups in total. The molecular formula is C26H24FN5O4. The SMILES string of the molecule is CNCC(Nc1ncnc2c(C(=O)O)cccc12)c1cccc(NC(=O)c2ccc(OC)c(F)c2)c1. The predicted molar refractivity (Wildman–Crippen MR) is 134 cm³/mol. The number of carbonyl (C=O) groups is 2. The van der Waals surface area contributed by atoms with E-state index in [1.165, 1.54) is 31.6 Å². The summed E-state index contributed by atoms with van der Waals surface area (Å²) in [4.78, 5) is 32.8. The third-order valence-corrected chi connectivity index (χ3v) is 5.58. The highest BCUT2D eigenvalue weighted by atomic mass is 19.1. The van der Waals surface area contributed by atoms with Crippen LogP contribution in [0.3, 0.4) is 0 Å². The number of para-hydroxylation sites is 1. The number of likely N-dealkylation sites (N-methyl/N-ethyl adjacent to an activating group) is 1. The molecule has 184 valence electrons. The van der Waals surface area contributed by atoms with Crippen LogP contribution in [0, 0.1) is 5.82 Å². The first-order valence-corrected chi connectivity index (χ1v) is 11.0. The van der Waals surface area contributed by atoms with Gasteiger partial charge in [0.05, 0.1) is 24.2 Å². The van der Waals surface area contributed by atoms with Crippen LogP contribution in [0.2, 0.25) is 0 Å². The largest absolute Gasteiger partial charge is 0.494 e. The Morgan fingerprint density at radius 2 is 1.89 bits per heavy atom. The van der Waals surface area contributed by atoms with Crippen LogP contribution in [0.25, 0.3) is 10.9 Å². The van der Waals surface area contributed by atoms with E-state index in [1.807, 2.05) is 6.07 Å². The summed E-state index contributed by atoms with van der Waals surface area (Å²) in [7, 11) is 3.16. The Bertz CT molecular complexity index is 1430. The third kappa shape index (κ3) is 5.23. The van der Waals surface area contributed by atoms with Crippen molar-refractivity contribution in [2.75, 3.05) is 31.3 Å². The van der Waals surface area contributed by atoms with Crippen molar-refractivity contribution in [2.24, 2.45) is 0 Å². The number of carboxylic acids is 1. The molecule has 1 heterocycles. The number of carboxylic acid groups (broad SMARTS) is 1. The molecule has 1 aromatic heterocycles. The normalized spacial score (nSPS) is 11.6. The summed E-state index contributed by atoms with van der Waals surface area (Å²) in [5, 5.41) is 19.3. The first-order valence-electron chi connectivity index (χ1n) is 11.0. The van der Waals surface area contributed by atoms with Gasteiger partial charge in [-0.05, 0) is 55.1 Å². The van der Waals surface area contributed by atoms with Gasteiger partial charge < -0.3 is 25.8 Å². The Morgan fingerprint density at radius 1 is 1.08 bits per heavy atom. The predicted octanol–water partition coefficient (Wildman–Crippen LogP) is 4.10. The van der Waals surface area contributed by atoms with Gasteiger partial charge in [0.25, 0.3) is 5.91 Å². The van der Waals surface area contributed by atoms with E-state index in [0.29, 0.717) is 29.0 Å². The van der Waals surface area contributed by atoms with E-state index in [9.17, 15) is 19.1 Å². The number of aromatic carboxylic acids is 1. The molecule has 0 saturated carbocycles. The Kier molecular flexibility index (Phi) is 7.36. The average molecular weight is 490 g/mol. The summed E-state index contributed by atoms with van der Waals surface area (Å²) in [6.45, 7) is 0.505. The lowest BCUT2D eigenvalue weighted by Crippen LogP contribution is -2.24. The molecule has 4 rings (SSSR count). The van der Waals surface area contributed by atoms with Crippen LogP contribution in [0.1, 0.15) is 32.3 Å². The molecule has 0 aliphatic rings. The molecule has 9 nitrogen and oxygen atoms in total. The first kappa shape index (κ1) is 24.6. The summed E-state index contributed by atoms with van der Waals surface area (Å²) < 4.78 is 18.9. The highest BCUT2D eigenvalue weighted by molar-refractivity contribution is 6.05. The van der Waals surface area contributed by atoms with Gasteiger partial charge >= 0.3 is 5.97 Å². The van der Waals surface area contributed by atoms with Gasteiger partial charge in [-0.25, -0.2) is 19.2 Å². The molecule has 0 saturated heterocycles. The number of methoxy groups -OCH3 is 1. The van der Waals surface area contributed by atoms with Crippen LogP contribution < -0.4 is 20.7 Å². The van der Waals surface area contributed by atoms with Crippen LogP contribution in [0.15, 0.2) is 67.0 Å². The number of rotatable bonds is 9. The molecule has 0 aliphatic heterocycles. The molecule has 0 aliphatic carbocycles. The van der Waals surface area contributed by atoms with Crippen LogP contribution >= 0.6 is 0 Å². The van der Waals surface area contributed by atoms with Gasteiger partial charge in [0.2, 0.25) is 0 Å². The molecule has 10 heteroatoms. The van der Waals surface area contributed by atoms with Gasteiger partial charge in [0.1, 0.15) is 12.1 Å². The Labute approximate surface area is 206 Å².